The summed E-state index contributed by atoms with van der Waals surface area (Å²) in [7, 11) is 0. The lowest BCUT2D eigenvalue weighted by atomic mass is 9.99. The molecule has 1 aromatic heterocycles. The van der Waals surface area contributed by atoms with Gasteiger partial charge >= 0.3 is 0 Å². The quantitative estimate of drug-likeness (QED) is 0.761. The molecule has 0 atom stereocenters. The Morgan fingerprint density at radius 2 is 2.29 bits per heavy atom. The number of hydrogen-bond donors (Lipinski definition) is 1. The SMILES string of the molecule is CC(=O)c1cc(C2CCSCC2)[nH]n1. The summed E-state index contributed by atoms with van der Waals surface area (Å²) in [5.41, 5.74) is 1.70. The van der Waals surface area contributed by atoms with Crippen LogP contribution in [0.15, 0.2) is 6.07 Å². The van der Waals surface area contributed by atoms with Crippen LogP contribution >= 0.6 is 11.8 Å². The Kier molecular flexibility index (Phi) is 2.91. The second-order valence-electron chi connectivity index (χ2n) is 3.65. The number of carbonyl (C=O) groups excluding carboxylic acids is 1. The zero-order valence-corrected chi connectivity index (χ0v) is 9.06. The van der Waals surface area contributed by atoms with Crippen LogP contribution in [-0.2, 0) is 0 Å². The number of thioether (sulfide) groups is 1. The third-order valence-corrected chi connectivity index (χ3v) is 3.67. The summed E-state index contributed by atoms with van der Waals surface area (Å²) >= 11 is 2.01. The van der Waals surface area contributed by atoms with Crippen molar-refractivity contribution in [3.8, 4) is 0 Å². The molecular formula is C10H14N2OS. The molecule has 1 aliphatic heterocycles. The van der Waals surface area contributed by atoms with Crippen LogP contribution in [0.25, 0.3) is 0 Å². The highest BCUT2D eigenvalue weighted by atomic mass is 32.2. The highest BCUT2D eigenvalue weighted by molar-refractivity contribution is 7.99. The molecule has 0 saturated carbocycles. The van der Waals surface area contributed by atoms with E-state index in [0.717, 1.165) is 5.69 Å². The normalized spacial score (nSPS) is 18.4. The van der Waals surface area contributed by atoms with E-state index in [1.165, 1.54) is 24.3 Å². The van der Waals surface area contributed by atoms with Gasteiger partial charge in [-0.05, 0) is 30.4 Å². The average Bonchev–Trinajstić information content (AvgIpc) is 2.68. The van der Waals surface area contributed by atoms with E-state index >= 15 is 0 Å². The van der Waals surface area contributed by atoms with E-state index in [1.807, 2.05) is 17.8 Å². The van der Waals surface area contributed by atoms with Crippen LogP contribution in [0.4, 0.5) is 0 Å². The topological polar surface area (TPSA) is 45.8 Å². The van der Waals surface area contributed by atoms with Gasteiger partial charge in [-0.25, -0.2) is 0 Å². The van der Waals surface area contributed by atoms with Crippen LogP contribution in [0.5, 0.6) is 0 Å². The van der Waals surface area contributed by atoms with Gasteiger partial charge in [0.05, 0.1) is 0 Å². The number of nitrogens with zero attached hydrogens (tertiary/aromatic N) is 1. The third-order valence-electron chi connectivity index (χ3n) is 2.62. The molecule has 1 aliphatic rings. The summed E-state index contributed by atoms with van der Waals surface area (Å²) in [6, 6.07) is 1.91. The Bertz CT molecular complexity index is 329. The summed E-state index contributed by atoms with van der Waals surface area (Å²) in [6.45, 7) is 1.55. The molecule has 2 rings (SSSR count). The van der Waals surface area contributed by atoms with E-state index in [0.29, 0.717) is 11.6 Å². The number of rotatable bonds is 2. The molecule has 0 radical (unpaired) electrons. The molecule has 76 valence electrons. The van der Waals surface area contributed by atoms with Gasteiger partial charge in [0.25, 0.3) is 0 Å². The molecule has 0 spiro atoms. The molecule has 1 N–H and O–H groups in total. The smallest absolute Gasteiger partial charge is 0.179 e. The summed E-state index contributed by atoms with van der Waals surface area (Å²) < 4.78 is 0. The minimum atomic E-state index is 0.0395. The summed E-state index contributed by atoms with van der Waals surface area (Å²) in [5, 5.41) is 6.99. The van der Waals surface area contributed by atoms with Crippen LogP contribution in [-0.4, -0.2) is 27.5 Å². The molecule has 1 saturated heterocycles. The number of ketones is 1. The van der Waals surface area contributed by atoms with Crippen molar-refractivity contribution in [2.45, 2.75) is 25.7 Å². The van der Waals surface area contributed by atoms with Crippen LogP contribution in [0.2, 0.25) is 0 Å². The van der Waals surface area contributed by atoms with E-state index in [4.69, 9.17) is 0 Å². The maximum absolute atomic E-state index is 11.1. The first kappa shape index (κ1) is 9.77. The van der Waals surface area contributed by atoms with Gasteiger partial charge in [0.15, 0.2) is 5.78 Å². The van der Waals surface area contributed by atoms with Gasteiger partial charge in [-0.1, -0.05) is 0 Å². The maximum Gasteiger partial charge on any atom is 0.179 e. The van der Waals surface area contributed by atoms with Crippen molar-refractivity contribution in [1.29, 1.82) is 0 Å². The Balaban J connectivity index is 2.11. The fraction of sp³-hybridized carbons (Fsp3) is 0.600. The van der Waals surface area contributed by atoms with Crippen molar-refractivity contribution in [3.05, 3.63) is 17.5 Å². The molecule has 4 heteroatoms. The molecule has 1 fully saturated rings. The highest BCUT2D eigenvalue weighted by Gasteiger charge is 2.18. The molecule has 0 bridgehead atoms. The van der Waals surface area contributed by atoms with Crippen molar-refractivity contribution >= 4 is 17.5 Å². The minimum Gasteiger partial charge on any atom is -0.293 e. The molecule has 1 aromatic rings. The first-order chi connectivity index (χ1) is 6.77. The molecule has 3 nitrogen and oxygen atoms in total. The molecule has 0 unspecified atom stereocenters. The van der Waals surface area contributed by atoms with Crippen molar-refractivity contribution < 1.29 is 4.79 Å². The minimum absolute atomic E-state index is 0.0395. The fourth-order valence-electron chi connectivity index (χ4n) is 1.73. The first-order valence-electron chi connectivity index (χ1n) is 4.91. The van der Waals surface area contributed by atoms with Crippen LogP contribution in [0, 0.1) is 0 Å². The Morgan fingerprint density at radius 3 is 2.86 bits per heavy atom. The van der Waals surface area contributed by atoms with Gasteiger partial charge < -0.3 is 0 Å². The van der Waals surface area contributed by atoms with Crippen molar-refractivity contribution in [2.75, 3.05) is 11.5 Å². The van der Waals surface area contributed by atoms with E-state index in [1.54, 1.807) is 6.92 Å². The number of carbonyl (C=O) groups is 1. The summed E-state index contributed by atoms with van der Waals surface area (Å²) in [5.74, 6) is 3.06. The lowest BCUT2D eigenvalue weighted by molar-refractivity contribution is 0.101. The molecule has 0 aliphatic carbocycles. The number of aromatic amines is 1. The zero-order chi connectivity index (χ0) is 9.97. The van der Waals surface area contributed by atoms with E-state index in [-0.39, 0.29) is 5.78 Å². The molecule has 0 aromatic carbocycles. The van der Waals surface area contributed by atoms with Gasteiger partial charge in [0, 0.05) is 18.5 Å². The lowest BCUT2D eigenvalue weighted by Crippen LogP contribution is -2.07. The highest BCUT2D eigenvalue weighted by Crippen LogP contribution is 2.30. The van der Waals surface area contributed by atoms with E-state index in [9.17, 15) is 4.79 Å². The summed E-state index contributed by atoms with van der Waals surface area (Å²) in [6.07, 6.45) is 2.40. The number of nitrogens with one attached hydrogen (secondary N) is 1. The number of H-pyrrole nitrogens is 1. The van der Waals surface area contributed by atoms with Crippen LogP contribution < -0.4 is 0 Å². The van der Waals surface area contributed by atoms with Gasteiger partial charge in [-0.2, -0.15) is 16.9 Å². The second-order valence-corrected chi connectivity index (χ2v) is 4.88. The second kappa shape index (κ2) is 4.17. The molecule has 14 heavy (non-hydrogen) atoms. The van der Waals surface area contributed by atoms with E-state index < -0.39 is 0 Å². The third kappa shape index (κ3) is 2.00. The predicted molar refractivity (Wildman–Crippen MR) is 57.9 cm³/mol. The number of Topliss-reactive ketones (excluding diaryl/α,β-unsaturated/α-hetero) is 1. The fourth-order valence-corrected chi connectivity index (χ4v) is 2.84. The van der Waals surface area contributed by atoms with Gasteiger partial charge in [-0.3, -0.25) is 9.89 Å². The van der Waals surface area contributed by atoms with Crippen LogP contribution in [0.1, 0.15) is 41.9 Å². The van der Waals surface area contributed by atoms with Gasteiger partial charge in [-0.15, -0.1) is 0 Å². The molecular weight excluding hydrogens is 196 g/mol. The Labute approximate surface area is 87.7 Å². The Hall–Kier alpha value is -0.770. The number of hydrogen-bond acceptors (Lipinski definition) is 3. The first-order valence-corrected chi connectivity index (χ1v) is 6.07. The lowest BCUT2D eigenvalue weighted by Gasteiger charge is -2.19. The van der Waals surface area contributed by atoms with E-state index in [2.05, 4.69) is 10.2 Å². The average molecular weight is 210 g/mol. The van der Waals surface area contributed by atoms with Crippen molar-refractivity contribution in [1.82, 2.24) is 10.2 Å². The predicted octanol–water partition coefficient (Wildman–Crippen LogP) is 2.22. The summed E-state index contributed by atoms with van der Waals surface area (Å²) in [4.78, 5) is 11.1. The molecule has 0 amide bonds. The van der Waals surface area contributed by atoms with Crippen LogP contribution in [0.3, 0.4) is 0 Å². The molecule has 2 heterocycles. The van der Waals surface area contributed by atoms with Gasteiger partial charge in [0.2, 0.25) is 0 Å². The number of aromatic nitrogens is 2. The monoisotopic (exact) mass is 210 g/mol. The maximum atomic E-state index is 11.1. The Morgan fingerprint density at radius 1 is 1.57 bits per heavy atom. The van der Waals surface area contributed by atoms with Gasteiger partial charge in [0.1, 0.15) is 5.69 Å². The zero-order valence-electron chi connectivity index (χ0n) is 8.25. The largest absolute Gasteiger partial charge is 0.293 e. The van der Waals surface area contributed by atoms with Crippen molar-refractivity contribution in [2.24, 2.45) is 0 Å². The standard InChI is InChI=1S/C10H14N2OS/c1-7(13)9-6-10(12-11-9)8-2-4-14-5-3-8/h6,8H,2-5H2,1H3,(H,11,12). The van der Waals surface area contributed by atoms with Crippen molar-refractivity contribution in [3.63, 3.8) is 0 Å².